The Kier molecular flexibility index (Phi) is 3.17. The molecule has 0 saturated heterocycles. The monoisotopic (exact) mass is 262 g/mol. The Morgan fingerprint density at radius 3 is 1.80 bits per heavy atom. The van der Waals surface area contributed by atoms with Crippen molar-refractivity contribution in [3.05, 3.63) is 66.5 Å². The molecule has 98 valence electrons. The molecule has 0 saturated carbocycles. The van der Waals surface area contributed by atoms with Crippen LogP contribution in [-0.2, 0) is 0 Å². The van der Waals surface area contributed by atoms with Gasteiger partial charge in [0.25, 0.3) is 0 Å². The van der Waals surface area contributed by atoms with E-state index < -0.39 is 0 Å². The summed E-state index contributed by atoms with van der Waals surface area (Å²) in [7, 11) is 0. The zero-order valence-corrected chi connectivity index (χ0v) is 11.1. The summed E-state index contributed by atoms with van der Waals surface area (Å²) in [5, 5.41) is 9.33. The Morgan fingerprint density at radius 2 is 1.25 bits per heavy atom. The SMILES string of the molecule is Cc1ccc(-c2cncc(-c3ccc(O)cc3)n2)cc1. The van der Waals surface area contributed by atoms with Crippen molar-refractivity contribution < 1.29 is 5.11 Å². The third-order valence-electron chi connectivity index (χ3n) is 3.14. The third-order valence-corrected chi connectivity index (χ3v) is 3.14. The van der Waals surface area contributed by atoms with E-state index in [4.69, 9.17) is 0 Å². The first-order chi connectivity index (χ1) is 9.72. The number of hydrogen-bond acceptors (Lipinski definition) is 3. The Labute approximate surface area is 117 Å². The van der Waals surface area contributed by atoms with Crippen LogP contribution in [0.25, 0.3) is 22.5 Å². The van der Waals surface area contributed by atoms with Gasteiger partial charge in [-0.25, -0.2) is 4.98 Å². The topological polar surface area (TPSA) is 46.0 Å². The van der Waals surface area contributed by atoms with Crippen molar-refractivity contribution in [3.63, 3.8) is 0 Å². The van der Waals surface area contributed by atoms with Gasteiger partial charge < -0.3 is 5.11 Å². The molecule has 0 fully saturated rings. The molecule has 3 nitrogen and oxygen atoms in total. The van der Waals surface area contributed by atoms with E-state index in [1.807, 2.05) is 24.3 Å². The predicted molar refractivity (Wildman–Crippen MR) is 79.3 cm³/mol. The number of nitrogens with zero attached hydrogens (tertiary/aromatic N) is 2. The van der Waals surface area contributed by atoms with Crippen LogP contribution in [0.1, 0.15) is 5.56 Å². The molecule has 0 spiro atoms. The van der Waals surface area contributed by atoms with Gasteiger partial charge in [0.15, 0.2) is 0 Å². The zero-order chi connectivity index (χ0) is 13.9. The van der Waals surface area contributed by atoms with Crippen LogP contribution in [0.3, 0.4) is 0 Å². The Hall–Kier alpha value is -2.68. The molecule has 0 atom stereocenters. The number of aryl methyl sites for hydroxylation is 1. The van der Waals surface area contributed by atoms with E-state index in [2.05, 4.69) is 29.0 Å². The molecule has 0 unspecified atom stereocenters. The molecule has 0 amide bonds. The smallest absolute Gasteiger partial charge is 0.115 e. The summed E-state index contributed by atoms with van der Waals surface area (Å²) in [5.41, 5.74) is 4.84. The van der Waals surface area contributed by atoms with Crippen molar-refractivity contribution in [2.24, 2.45) is 0 Å². The van der Waals surface area contributed by atoms with Gasteiger partial charge in [-0.05, 0) is 31.2 Å². The van der Waals surface area contributed by atoms with Gasteiger partial charge in [0.2, 0.25) is 0 Å². The lowest BCUT2D eigenvalue weighted by molar-refractivity contribution is 0.475. The molecule has 0 aliphatic heterocycles. The standard InChI is InChI=1S/C17H14N2O/c1-12-2-4-13(5-3-12)16-10-18-11-17(19-16)14-6-8-15(20)9-7-14/h2-11,20H,1H3. The van der Waals surface area contributed by atoms with Gasteiger partial charge in [0.05, 0.1) is 23.8 Å². The second kappa shape index (κ2) is 5.13. The Balaban J connectivity index is 2.01. The summed E-state index contributed by atoms with van der Waals surface area (Å²) in [4.78, 5) is 8.89. The van der Waals surface area contributed by atoms with Gasteiger partial charge in [0.1, 0.15) is 5.75 Å². The first-order valence-electron chi connectivity index (χ1n) is 6.41. The molecule has 3 rings (SSSR count). The lowest BCUT2D eigenvalue weighted by Gasteiger charge is -2.05. The highest BCUT2D eigenvalue weighted by Gasteiger charge is 2.04. The van der Waals surface area contributed by atoms with Gasteiger partial charge in [-0.3, -0.25) is 4.98 Å². The molecule has 1 aromatic heterocycles. The molecular formula is C17H14N2O. The largest absolute Gasteiger partial charge is 0.508 e. The van der Waals surface area contributed by atoms with E-state index in [1.54, 1.807) is 24.5 Å². The maximum absolute atomic E-state index is 9.33. The summed E-state index contributed by atoms with van der Waals surface area (Å²) >= 11 is 0. The number of phenols is 1. The lowest BCUT2D eigenvalue weighted by Crippen LogP contribution is -1.90. The molecule has 0 aliphatic carbocycles. The molecule has 1 N–H and O–H groups in total. The molecule has 0 radical (unpaired) electrons. The molecule has 20 heavy (non-hydrogen) atoms. The van der Waals surface area contributed by atoms with Crippen LogP contribution in [0.15, 0.2) is 60.9 Å². The first kappa shape index (κ1) is 12.4. The fourth-order valence-corrected chi connectivity index (χ4v) is 2.00. The minimum absolute atomic E-state index is 0.247. The maximum Gasteiger partial charge on any atom is 0.115 e. The summed E-state index contributed by atoms with van der Waals surface area (Å²) in [6.45, 7) is 2.06. The number of aromatic nitrogens is 2. The van der Waals surface area contributed by atoms with E-state index in [-0.39, 0.29) is 5.75 Å². The van der Waals surface area contributed by atoms with E-state index >= 15 is 0 Å². The fourth-order valence-electron chi connectivity index (χ4n) is 2.00. The quantitative estimate of drug-likeness (QED) is 0.763. The molecule has 1 heterocycles. The van der Waals surface area contributed by atoms with E-state index in [0.29, 0.717) is 0 Å². The number of benzene rings is 2. The van der Waals surface area contributed by atoms with Crippen LogP contribution >= 0.6 is 0 Å². The average molecular weight is 262 g/mol. The highest BCUT2D eigenvalue weighted by atomic mass is 16.3. The Morgan fingerprint density at radius 1 is 0.750 bits per heavy atom. The van der Waals surface area contributed by atoms with E-state index in [1.165, 1.54) is 5.56 Å². The third kappa shape index (κ3) is 2.52. The summed E-state index contributed by atoms with van der Waals surface area (Å²) in [5.74, 6) is 0.247. The van der Waals surface area contributed by atoms with Gasteiger partial charge in [-0.2, -0.15) is 0 Å². The normalized spacial score (nSPS) is 10.4. The summed E-state index contributed by atoms with van der Waals surface area (Å²) in [6, 6.07) is 15.2. The number of aromatic hydroxyl groups is 1. The van der Waals surface area contributed by atoms with Crippen molar-refractivity contribution in [1.82, 2.24) is 9.97 Å². The number of rotatable bonds is 2. The molecule has 2 aromatic carbocycles. The Bertz CT molecular complexity index is 658. The minimum Gasteiger partial charge on any atom is -0.508 e. The molecule has 3 heteroatoms. The summed E-state index contributed by atoms with van der Waals surface area (Å²) < 4.78 is 0. The van der Waals surface area contributed by atoms with E-state index in [9.17, 15) is 5.11 Å². The summed E-state index contributed by atoms with van der Waals surface area (Å²) in [6.07, 6.45) is 3.48. The lowest BCUT2D eigenvalue weighted by atomic mass is 10.1. The molecule has 0 bridgehead atoms. The van der Waals surface area contributed by atoms with Crippen molar-refractivity contribution in [1.29, 1.82) is 0 Å². The maximum atomic E-state index is 9.33. The molecule has 0 aliphatic rings. The highest BCUT2D eigenvalue weighted by molar-refractivity contribution is 5.65. The average Bonchev–Trinajstić information content (AvgIpc) is 2.49. The van der Waals surface area contributed by atoms with Crippen LogP contribution < -0.4 is 0 Å². The highest BCUT2D eigenvalue weighted by Crippen LogP contribution is 2.23. The fraction of sp³-hybridized carbons (Fsp3) is 0.0588. The second-order valence-electron chi connectivity index (χ2n) is 4.70. The van der Waals surface area contributed by atoms with Crippen LogP contribution in [0.4, 0.5) is 0 Å². The van der Waals surface area contributed by atoms with Gasteiger partial charge in [-0.15, -0.1) is 0 Å². The minimum atomic E-state index is 0.247. The van der Waals surface area contributed by atoms with Crippen molar-refractivity contribution in [3.8, 4) is 28.3 Å². The number of hydrogen-bond donors (Lipinski definition) is 1. The van der Waals surface area contributed by atoms with Crippen molar-refractivity contribution >= 4 is 0 Å². The predicted octanol–water partition coefficient (Wildman–Crippen LogP) is 3.82. The van der Waals surface area contributed by atoms with Gasteiger partial charge >= 0.3 is 0 Å². The number of phenolic OH excluding ortho intramolecular Hbond substituents is 1. The van der Waals surface area contributed by atoms with Crippen LogP contribution in [0, 0.1) is 6.92 Å². The van der Waals surface area contributed by atoms with Crippen LogP contribution in [-0.4, -0.2) is 15.1 Å². The van der Waals surface area contributed by atoms with Gasteiger partial charge in [0, 0.05) is 11.1 Å². The van der Waals surface area contributed by atoms with Crippen molar-refractivity contribution in [2.75, 3.05) is 0 Å². The second-order valence-corrected chi connectivity index (χ2v) is 4.70. The van der Waals surface area contributed by atoms with Crippen molar-refractivity contribution in [2.45, 2.75) is 6.92 Å². The van der Waals surface area contributed by atoms with Gasteiger partial charge in [-0.1, -0.05) is 29.8 Å². The van der Waals surface area contributed by atoms with Crippen LogP contribution in [0.2, 0.25) is 0 Å². The van der Waals surface area contributed by atoms with Crippen LogP contribution in [0.5, 0.6) is 5.75 Å². The zero-order valence-electron chi connectivity index (χ0n) is 11.1. The molecular weight excluding hydrogens is 248 g/mol. The molecule has 3 aromatic rings. The van der Waals surface area contributed by atoms with E-state index in [0.717, 1.165) is 22.5 Å². The first-order valence-corrected chi connectivity index (χ1v) is 6.41.